The van der Waals surface area contributed by atoms with Crippen LogP contribution in [0.3, 0.4) is 0 Å². The molecule has 3 nitrogen and oxygen atoms in total. The van der Waals surface area contributed by atoms with Gasteiger partial charge in [0.15, 0.2) is 0 Å². The lowest BCUT2D eigenvalue weighted by molar-refractivity contribution is 0.588. The Morgan fingerprint density at radius 2 is 1.77 bits per heavy atom. The van der Waals surface area contributed by atoms with Gasteiger partial charge in [0, 0.05) is 34.1 Å². The topological polar surface area (TPSA) is 22.8 Å². The minimum absolute atomic E-state index is 0.348. The standard InChI is InChI=1S/C18H17N3S/c1-12(2)20-11-10-19-18(20)21-15-8-4-3-6-13(15)14-7-5-9-16(22)17(14)21/h3-12,22H,1-2H3. The van der Waals surface area contributed by atoms with E-state index in [9.17, 15) is 0 Å². The summed E-state index contributed by atoms with van der Waals surface area (Å²) >= 11 is 4.69. The molecule has 0 fully saturated rings. The van der Waals surface area contributed by atoms with Crippen molar-refractivity contribution in [3.63, 3.8) is 0 Å². The largest absolute Gasteiger partial charge is 0.314 e. The Hall–Kier alpha value is -2.20. The average Bonchev–Trinajstić information content (AvgIpc) is 3.10. The van der Waals surface area contributed by atoms with E-state index in [1.807, 2.05) is 18.5 Å². The Balaban J connectivity index is 2.22. The fourth-order valence-electron chi connectivity index (χ4n) is 3.09. The number of imidazole rings is 1. The molecule has 0 saturated carbocycles. The van der Waals surface area contributed by atoms with Gasteiger partial charge in [-0.25, -0.2) is 4.98 Å². The number of hydrogen-bond donors (Lipinski definition) is 1. The Bertz CT molecular complexity index is 979. The molecule has 2 heterocycles. The first-order chi connectivity index (χ1) is 10.7. The summed E-state index contributed by atoms with van der Waals surface area (Å²) in [5.74, 6) is 0.933. The van der Waals surface area contributed by atoms with Crippen molar-refractivity contribution in [2.75, 3.05) is 0 Å². The zero-order valence-corrected chi connectivity index (χ0v) is 13.5. The van der Waals surface area contributed by atoms with Gasteiger partial charge in [-0.05, 0) is 26.0 Å². The van der Waals surface area contributed by atoms with E-state index in [2.05, 4.69) is 77.0 Å². The third-order valence-corrected chi connectivity index (χ3v) is 4.44. The van der Waals surface area contributed by atoms with Crippen molar-refractivity contribution < 1.29 is 0 Å². The number of benzene rings is 2. The summed E-state index contributed by atoms with van der Waals surface area (Å²) in [4.78, 5) is 5.58. The first kappa shape index (κ1) is 13.5. The fraction of sp³-hybridized carbons (Fsp3) is 0.167. The van der Waals surface area contributed by atoms with E-state index in [-0.39, 0.29) is 0 Å². The van der Waals surface area contributed by atoms with E-state index in [4.69, 9.17) is 0 Å². The van der Waals surface area contributed by atoms with Crippen LogP contribution in [0.5, 0.6) is 0 Å². The van der Waals surface area contributed by atoms with Gasteiger partial charge in [0.25, 0.3) is 0 Å². The van der Waals surface area contributed by atoms with Crippen molar-refractivity contribution in [1.82, 2.24) is 14.1 Å². The second kappa shape index (κ2) is 4.92. The number of thiol groups is 1. The lowest BCUT2D eigenvalue weighted by Gasteiger charge is -2.14. The molecular weight excluding hydrogens is 290 g/mol. The van der Waals surface area contributed by atoms with Gasteiger partial charge in [0.2, 0.25) is 5.95 Å². The Morgan fingerprint density at radius 1 is 1.00 bits per heavy atom. The molecule has 0 atom stereocenters. The molecule has 0 aliphatic rings. The average molecular weight is 307 g/mol. The first-order valence-electron chi connectivity index (χ1n) is 7.43. The molecule has 4 heteroatoms. The summed E-state index contributed by atoms with van der Waals surface area (Å²) in [5, 5.41) is 2.44. The van der Waals surface area contributed by atoms with Crippen LogP contribution >= 0.6 is 12.6 Å². The van der Waals surface area contributed by atoms with Crippen LogP contribution in [-0.4, -0.2) is 14.1 Å². The zero-order chi connectivity index (χ0) is 15.3. The molecule has 110 valence electrons. The molecule has 0 amide bonds. The molecule has 0 spiro atoms. The van der Waals surface area contributed by atoms with Gasteiger partial charge in [0.1, 0.15) is 0 Å². The van der Waals surface area contributed by atoms with E-state index in [1.165, 1.54) is 10.8 Å². The van der Waals surface area contributed by atoms with E-state index < -0.39 is 0 Å². The summed E-state index contributed by atoms with van der Waals surface area (Å²) in [7, 11) is 0. The maximum atomic E-state index is 4.69. The number of para-hydroxylation sites is 2. The monoisotopic (exact) mass is 307 g/mol. The second-order valence-electron chi connectivity index (χ2n) is 5.75. The van der Waals surface area contributed by atoms with Crippen molar-refractivity contribution >= 4 is 34.4 Å². The van der Waals surface area contributed by atoms with Crippen molar-refractivity contribution in [2.24, 2.45) is 0 Å². The SMILES string of the molecule is CC(C)n1ccnc1-n1c2ccccc2c2cccc(S)c21. The molecule has 0 N–H and O–H groups in total. The molecule has 2 aromatic heterocycles. The van der Waals surface area contributed by atoms with Crippen LogP contribution in [0.25, 0.3) is 27.8 Å². The van der Waals surface area contributed by atoms with Gasteiger partial charge < -0.3 is 4.57 Å². The Kier molecular flexibility index (Phi) is 3.01. The highest BCUT2D eigenvalue weighted by molar-refractivity contribution is 7.80. The molecule has 0 radical (unpaired) electrons. The molecule has 4 aromatic rings. The summed E-state index contributed by atoms with van der Waals surface area (Å²) in [6.07, 6.45) is 3.89. The van der Waals surface area contributed by atoms with Crippen molar-refractivity contribution in [3.8, 4) is 5.95 Å². The normalized spacial score (nSPS) is 11.8. The van der Waals surface area contributed by atoms with E-state index >= 15 is 0 Å². The van der Waals surface area contributed by atoms with Crippen LogP contribution in [0.4, 0.5) is 0 Å². The quantitative estimate of drug-likeness (QED) is 0.526. The molecule has 0 aliphatic heterocycles. The predicted octanol–water partition coefficient (Wildman–Crippen LogP) is 4.85. The third kappa shape index (κ3) is 1.80. The number of nitrogens with zero attached hydrogens (tertiary/aromatic N) is 3. The maximum absolute atomic E-state index is 4.69. The second-order valence-corrected chi connectivity index (χ2v) is 6.24. The molecule has 22 heavy (non-hydrogen) atoms. The van der Waals surface area contributed by atoms with Crippen LogP contribution in [0.2, 0.25) is 0 Å². The molecule has 0 bridgehead atoms. The summed E-state index contributed by atoms with van der Waals surface area (Å²) in [6, 6.07) is 15.0. The first-order valence-corrected chi connectivity index (χ1v) is 7.87. The van der Waals surface area contributed by atoms with Gasteiger partial charge in [-0.1, -0.05) is 30.3 Å². The van der Waals surface area contributed by atoms with Crippen molar-refractivity contribution in [1.29, 1.82) is 0 Å². The van der Waals surface area contributed by atoms with Crippen LogP contribution in [0.15, 0.2) is 59.8 Å². The highest BCUT2D eigenvalue weighted by Gasteiger charge is 2.17. The lowest BCUT2D eigenvalue weighted by Crippen LogP contribution is -2.08. The van der Waals surface area contributed by atoms with E-state index in [1.54, 1.807) is 0 Å². The van der Waals surface area contributed by atoms with Crippen molar-refractivity contribution in [2.45, 2.75) is 24.8 Å². The van der Waals surface area contributed by atoms with E-state index in [0.29, 0.717) is 6.04 Å². The number of fused-ring (bicyclic) bond motifs is 3. The minimum Gasteiger partial charge on any atom is -0.314 e. The molecule has 2 aromatic carbocycles. The van der Waals surface area contributed by atoms with Gasteiger partial charge in [-0.2, -0.15) is 0 Å². The number of rotatable bonds is 2. The maximum Gasteiger partial charge on any atom is 0.215 e. The minimum atomic E-state index is 0.348. The highest BCUT2D eigenvalue weighted by Crippen LogP contribution is 2.35. The van der Waals surface area contributed by atoms with Crippen LogP contribution in [0.1, 0.15) is 19.9 Å². The fourth-order valence-corrected chi connectivity index (χ4v) is 3.40. The number of hydrogen-bond acceptors (Lipinski definition) is 2. The van der Waals surface area contributed by atoms with Gasteiger partial charge in [-0.3, -0.25) is 4.57 Å². The van der Waals surface area contributed by atoms with Gasteiger partial charge in [0.05, 0.1) is 11.0 Å². The molecular formula is C18H17N3S. The van der Waals surface area contributed by atoms with E-state index in [0.717, 1.165) is 21.9 Å². The molecule has 4 rings (SSSR count). The highest BCUT2D eigenvalue weighted by atomic mass is 32.1. The third-order valence-electron chi connectivity index (χ3n) is 4.08. The Morgan fingerprint density at radius 3 is 2.59 bits per heavy atom. The molecule has 0 saturated heterocycles. The number of aromatic nitrogens is 3. The smallest absolute Gasteiger partial charge is 0.215 e. The summed E-state index contributed by atoms with van der Waals surface area (Å²) in [5.41, 5.74) is 2.27. The van der Waals surface area contributed by atoms with Gasteiger partial charge >= 0.3 is 0 Å². The zero-order valence-electron chi connectivity index (χ0n) is 12.6. The lowest BCUT2D eigenvalue weighted by atomic mass is 10.1. The summed E-state index contributed by atoms with van der Waals surface area (Å²) < 4.78 is 4.40. The van der Waals surface area contributed by atoms with Crippen LogP contribution < -0.4 is 0 Å². The van der Waals surface area contributed by atoms with Crippen molar-refractivity contribution in [3.05, 3.63) is 54.9 Å². The van der Waals surface area contributed by atoms with Crippen LogP contribution in [0, 0.1) is 0 Å². The molecule has 0 unspecified atom stereocenters. The summed E-state index contributed by atoms with van der Waals surface area (Å²) in [6.45, 7) is 4.33. The Labute approximate surface area is 134 Å². The van der Waals surface area contributed by atoms with Crippen LogP contribution in [-0.2, 0) is 0 Å². The van der Waals surface area contributed by atoms with Gasteiger partial charge in [-0.15, -0.1) is 12.6 Å². The predicted molar refractivity (Wildman–Crippen MR) is 94.2 cm³/mol. The molecule has 0 aliphatic carbocycles.